The summed E-state index contributed by atoms with van der Waals surface area (Å²) >= 11 is 0. The van der Waals surface area contributed by atoms with Crippen molar-refractivity contribution >= 4 is 22.6 Å². The molecule has 0 aliphatic heterocycles. The molecule has 1 amide bonds. The number of esters is 1. The lowest BCUT2D eigenvalue weighted by Gasteiger charge is -2.20. The molecule has 12 heteroatoms. The molecule has 0 spiro atoms. The first-order valence-electron chi connectivity index (χ1n) is 9.44. The zero-order valence-electron chi connectivity index (χ0n) is 18.0. The van der Waals surface area contributed by atoms with Crippen LogP contribution in [0.3, 0.4) is 0 Å². The quantitative estimate of drug-likeness (QED) is 0.470. The van der Waals surface area contributed by atoms with Gasteiger partial charge in [-0.15, -0.1) is 0 Å². The van der Waals surface area contributed by atoms with Gasteiger partial charge in [0.15, 0.2) is 6.61 Å². The Labute approximate surface area is 184 Å². The summed E-state index contributed by atoms with van der Waals surface area (Å²) in [6.07, 6.45) is -9.67. The number of benzene rings is 2. The second-order valence-corrected chi connectivity index (χ2v) is 7.85. The molecule has 0 heterocycles. The Balaban J connectivity index is 2.58. The molecule has 33 heavy (non-hydrogen) atoms. The van der Waals surface area contributed by atoms with Crippen molar-refractivity contribution in [1.82, 2.24) is 5.32 Å². The molecule has 0 aliphatic carbocycles. The fourth-order valence-corrected chi connectivity index (χ4v) is 2.96. The highest BCUT2D eigenvalue weighted by Gasteiger charge is 2.37. The number of methoxy groups -OCH3 is 1. The number of hydrogen-bond donors (Lipinski definition) is 1. The van der Waals surface area contributed by atoms with E-state index in [1.807, 2.05) is 0 Å². The number of alkyl halides is 6. The maximum Gasteiger partial charge on any atom is 0.422 e. The number of carbonyl (C=O) groups is 2. The van der Waals surface area contributed by atoms with Crippen LogP contribution in [0, 0.1) is 0 Å². The fraction of sp³-hybridized carbons (Fsp3) is 0.429. The summed E-state index contributed by atoms with van der Waals surface area (Å²) in [6.45, 7) is 2.27. The first-order valence-corrected chi connectivity index (χ1v) is 9.44. The number of rotatable bonds is 6. The number of ether oxygens (including phenoxy) is 3. The largest absolute Gasteiger partial charge is 0.496 e. The van der Waals surface area contributed by atoms with Gasteiger partial charge in [-0.25, -0.2) is 0 Å². The number of fused-ring (bicyclic) bond motifs is 1. The average Bonchev–Trinajstić information content (AvgIpc) is 2.66. The summed E-state index contributed by atoms with van der Waals surface area (Å²) in [5.41, 5.74) is -2.69. The minimum absolute atomic E-state index is 0.343. The van der Waals surface area contributed by atoms with Gasteiger partial charge in [-0.1, -0.05) is 0 Å². The minimum atomic E-state index is -4.90. The van der Waals surface area contributed by atoms with Crippen molar-refractivity contribution in [3.63, 3.8) is 0 Å². The highest BCUT2D eigenvalue weighted by Crippen LogP contribution is 2.43. The number of amides is 1. The maximum atomic E-state index is 13.7. The highest BCUT2D eigenvalue weighted by atomic mass is 19.4. The van der Waals surface area contributed by atoms with E-state index in [9.17, 15) is 35.9 Å². The molecule has 0 unspecified atom stereocenters. The van der Waals surface area contributed by atoms with Crippen molar-refractivity contribution in [3.8, 4) is 11.5 Å². The minimum Gasteiger partial charge on any atom is -0.496 e. The van der Waals surface area contributed by atoms with Gasteiger partial charge in [-0.2, -0.15) is 26.3 Å². The molecule has 1 N–H and O–H groups in total. The third-order valence-electron chi connectivity index (χ3n) is 4.06. The third-order valence-corrected chi connectivity index (χ3v) is 4.06. The standard InChI is InChI=1S/C21H21F6NO5/c1-19(2,3)33-15(29)9-28-18(30)16-11-5-8-14(31-4)17(21(25,26)27)12(11)6-7-13(16)32-10-20(22,23)24/h5-8H,9-10H2,1-4H3,(H,28,30). The Kier molecular flexibility index (Phi) is 7.39. The van der Waals surface area contributed by atoms with Crippen LogP contribution in [-0.4, -0.2) is 43.9 Å². The van der Waals surface area contributed by atoms with E-state index in [4.69, 9.17) is 9.47 Å². The predicted octanol–water partition coefficient (Wildman–Crippen LogP) is 4.88. The molecule has 2 aromatic rings. The van der Waals surface area contributed by atoms with Gasteiger partial charge in [0.2, 0.25) is 0 Å². The molecule has 2 aromatic carbocycles. The molecule has 0 aromatic heterocycles. The Morgan fingerprint density at radius 1 is 0.909 bits per heavy atom. The summed E-state index contributed by atoms with van der Waals surface area (Å²) in [5.74, 6) is -3.13. The molecule has 182 valence electrons. The Morgan fingerprint density at radius 3 is 2.00 bits per heavy atom. The van der Waals surface area contributed by atoms with E-state index in [2.05, 4.69) is 10.1 Å². The summed E-state index contributed by atoms with van der Waals surface area (Å²) in [6, 6.07) is 3.73. The van der Waals surface area contributed by atoms with Gasteiger partial charge in [0.25, 0.3) is 5.91 Å². The van der Waals surface area contributed by atoms with Crippen molar-refractivity contribution in [3.05, 3.63) is 35.4 Å². The summed E-state index contributed by atoms with van der Waals surface area (Å²) < 4.78 is 93.6. The van der Waals surface area contributed by atoms with Gasteiger partial charge in [0.1, 0.15) is 29.2 Å². The van der Waals surface area contributed by atoms with Crippen LogP contribution in [-0.2, 0) is 15.7 Å². The van der Waals surface area contributed by atoms with Gasteiger partial charge in [0, 0.05) is 0 Å². The summed E-state index contributed by atoms with van der Waals surface area (Å²) in [7, 11) is 1.02. The molecular formula is C21H21F6NO5. The molecule has 2 rings (SSSR count). The average molecular weight is 481 g/mol. The van der Waals surface area contributed by atoms with E-state index >= 15 is 0 Å². The monoisotopic (exact) mass is 481 g/mol. The normalized spacial score (nSPS) is 12.4. The van der Waals surface area contributed by atoms with E-state index in [1.54, 1.807) is 20.8 Å². The lowest BCUT2D eigenvalue weighted by Crippen LogP contribution is -2.35. The lowest BCUT2D eigenvalue weighted by atomic mass is 9.97. The molecule has 0 saturated heterocycles. The van der Waals surface area contributed by atoms with Crippen LogP contribution in [0.15, 0.2) is 24.3 Å². The SMILES string of the molecule is COc1ccc2c(C(=O)NCC(=O)OC(C)(C)C)c(OCC(F)(F)F)ccc2c1C(F)(F)F. The van der Waals surface area contributed by atoms with Gasteiger partial charge in [-0.05, 0) is 55.8 Å². The summed E-state index contributed by atoms with van der Waals surface area (Å²) in [4.78, 5) is 24.7. The second-order valence-electron chi connectivity index (χ2n) is 7.85. The number of hydrogen-bond acceptors (Lipinski definition) is 5. The number of halogens is 6. The van der Waals surface area contributed by atoms with Gasteiger partial charge < -0.3 is 19.5 Å². The number of carbonyl (C=O) groups excluding carboxylic acids is 2. The fourth-order valence-electron chi connectivity index (χ4n) is 2.96. The van der Waals surface area contributed by atoms with E-state index in [1.165, 1.54) is 0 Å². The first kappa shape index (κ1) is 26.1. The smallest absolute Gasteiger partial charge is 0.422 e. The van der Waals surface area contributed by atoms with Crippen LogP contribution in [0.5, 0.6) is 11.5 Å². The van der Waals surface area contributed by atoms with Crippen LogP contribution in [0.1, 0.15) is 36.7 Å². The van der Waals surface area contributed by atoms with E-state index in [0.717, 1.165) is 31.4 Å². The van der Waals surface area contributed by atoms with Crippen LogP contribution in [0.2, 0.25) is 0 Å². The van der Waals surface area contributed by atoms with Crippen LogP contribution in [0.4, 0.5) is 26.3 Å². The second kappa shape index (κ2) is 9.36. The molecule has 0 fully saturated rings. The topological polar surface area (TPSA) is 73.9 Å². The lowest BCUT2D eigenvalue weighted by molar-refractivity contribution is -0.154. The van der Waals surface area contributed by atoms with Gasteiger partial charge in [0.05, 0.1) is 12.7 Å². The van der Waals surface area contributed by atoms with Crippen molar-refractivity contribution in [2.45, 2.75) is 38.7 Å². The molecule has 0 saturated carbocycles. The molecule has 0 bridgehead atoms. The third kappa shape index (κ3) is 6.90. The molecule has 0 radical (unpaired) electrons. The maximum absolute atomic E-state index is 13.7. The predicted molar refractivity (Wildman–Crippen MR) is 105 cm³/mol. The number of nitrogens with one attached hydrogen (secondary N) is 1. The van der Waals surface area contributed by atoms with Crippen molar-refractivity contribution in [2.24, 2.45) is 0 Å². The Morgan fingerprint density at radius 2 is 1.48 bits per heavy atom. The molecule has 0 atom stereocenters. The Bertz CT molecular complexity index is 1040. The van der Waals surface area contributed by atoms with Crippen LogP contribution < -0.4 is 14.8 Å². The van der Waals surface area contributed by atoms with Gasteiger partial charge >= 0.3 is 18.3 Å². The van der Waals surface area contributed by atoms with Crippen molar-refractivity contribution in [2.75, 3.05) is 20.3 Å². The molecular weight excluding hydrogens is 460 g/mol. The van der Waals surface area contributed by atoms with Gasteiger partial charge in [-0.3, -0.25) is 9.59 Å². The first-order chi connectivity index (χ1) is 15.0. The molecule has 6 nitrogen and oxygen atoms in total. The van der Waals surface area contributed by atoms with E-state index in [0.29, 0.717) is 0 Å². The van der Waals surface area contributed by atoms with Crippen molar-refractivity contribution < 1.29 is 50.1 Å². The van der Waals surface area contributed by atoms with Crippen LogP contribution in [0.25, 0.3) is 10.8 Å². The van der Waals surface area contributed by atoms with E-state index in [-0.39, 0.29) is 5.39 Å². The molecule has 0 aliphatic rings. The summed E-state index contributed by atoms with van der Waals surface area (Å²) in [5, 5.41) is 1.31. The van der Waals surface area contributed by atoms with E-state index < -0.39 is 71.0 Å². The van der Waals surface area contributed by atoms with Crippen LogP contribution >= 0.6 is 0 Å². The van der Waals surface area contributed by atoms with Crippen molar-refractivity contribution in [1.29, 1.82) is 0 Å². The zero-order chi connectivity index (χ0) is 25.2. The Hall–Kier alpha value is -3.18. The zero-order valence-corrected chi connectivity index (χ0v) is 18.0. The highest BCUT2D eigenvalue weighted by molar-refractivity contribution is 6.11.